The maximum Gasteiger partial charge on any atom is 0.235 e. The maximum atomic E-state index is 11.9. The summed E-state index contributed by atoms with van der Waals surface area (Å²) in [5.41, 5.74) is 2.94. The van der Waals surface area contributed by atoms with E-state index in [0.717, 1.165) is 29.9 Å². The molecule has 8 heteroatoms. The van der Waals surface area contributed by atoms with E-state index in [9.17, 15) is 8.42 Å². The summed E-state index contributed by atoms with van der Waals surface area (Å²) in [5, 5.41) is 12.3. The van der Waals surface area contributed by atoms with E-state index in [2.05, 4.69) is 20.0 Å². The van der Waals surface area contributed by atoms with Gasteiger partial charge >= 0.3 is 0 Å². The summed E-state index contributed by atoms with van der Waals surface area (Å²) in [6, 6.07) is 10.9. The highest BCUT2D eigenvalue weighted by molar-refractivity contribution is 7.93. The number of nitrogens with zero attached hydrogens (tertiary/aromatic N) is 4. The molecule has 2 heterocycles. The Morgan fingerprint density at radius 2 is 1.83 bits per heavy atom. The Morgan fingerprint density at radius 1 is 1.09 bits per heavy atom. The summed E-state index contributed by atoms with van der Waals surface area (Å²) >= 11 is 0. The number of anilines is 1. The van der Waals surface area contributed by atoms with Gasteiger partial charge in [-0.25, -0.2) is 8.42 Å². The molecule has 0 spiro atoms. The normalized spacial score (nSPS) is 15.0. The molecular formula is C15H15N5O2S. The van der Waals surface area contributed by atoms with Gasteiger partial charge in [0.1, 0.15) is 0 Å². The Hall–Kier alpha value is -2.48. The zero-order chi connectivity index (χ0) is 16.0. The minimum atomic E-state index is -3.23. The van der Waals surface area contributed by atoms with Crippen molar-refractivity contribution in [1.29, 1.82) is 0 Å². The van der Waals surface area contributed by atoms with Crippen molar-refractivity contribution in [3.63, 3.8) is 0 Å². The molecule has 1 fully saturated rings. The van der Waals surface area contributed by atoms with Gasteiger partial charge in [0.05, 0.1) is 10.9 Å². The smallest absolute Gasteiger partial charge is 0.235 e. The van der Waals surface area contributed by atoms with Gasteiger partial charge < -0.3 is 0 Å². The average molecular weight is 329 g/mol. The second-order valence-corrected chi connectivity index (χ2v) is 7.62. The molecule has 4 rings (SSSR count). The van der Waals surface area contributed by atoms with Crippen molar-refractivity contribution in [3.05, 3.63) is 42.2 Å². The van der Waals surface area contributed by atoms with Crippen LogP contribution < -0.4 is 4.72 Å². The van der Waals surface area contributed by atoms with Gasteiger partial charge in [-0.15, -0.1) is 10.2 Å². The Bertz CT molecular complexity index is 975. The highest BCUT2D eigenvalue weighted by Crippen LogP contribution is 2.30. The van der Waals surface area contributed by atoms with Crippen LogP contribution in [0.5, 0.6) is 0 Å². The molecule has 2 aromatic heterocycles. The van der Waals surface area contributed by atoms with Crippen molar-refractivity contribution in [2.75, 3.05) is 4.72 Å². The van der Waals surface area contributed by atoms with Gasteiger partial charge in [-0.3, -0.25) is 4.72 Å². The number of fused-ring (bicyclic) bond motifs is 1. The first-order valence-electron chi connectivity index (χ1n) is 7.34. The number of hydrogen-bond acceptors (Lipinski definition) is 5. The first-order valence-corrected chi connectivity index (χ1v) is 8.89. The molecule has 3 aromatic rings. The van der Waals surface area contributed by atoms with Crippen LogP contribution >= 0.6 is 0 Å². The van der Waals surface area contributed by atoms with Gasteiger partial charge in [0.2, 0.25) is 10.0 Å². The quantitative estimate of drug-likeness (QED) is 0.791. The van der Waals surface area contributed by atoms with E-state index in [0.29, 0.717) is 11.3 Å². The predicted molar refractivity (Wildman–Crippen MR) is 86.5 cm³/mol. The molecule has 1 aromatic carbocycles. The molecule has 0 aliphatic heterocycles. The molecule has 0 saturated heterocycles. The van der Waals surface area contributed by atoms with Gasteiger partial charge in [0, 0.05) is 11.3 Å². The molecular weight excluding hydrogens is 314 g/mol. The van der Waals surface area contributed by atoms with Crippen molar-refractivity contribution < 1.29 is 8.42 Å². The minimum Gasteiger partial charge on any atom is -0.283 e. The second-order valence-electron chi connectivity index (χ2n) is 5.66. The zero-order valence-electron chi connectivity index (χ0n) is 12.5. The molecule has 1 aliphatic carbocycles. The van der Waals surface area contributed by atoms with Crippen LogP contribution in [0.3, 0.4) is 0 Å². The lowest BCUT2D eigenvalue weighted by Gasteiger charge is -2.08. The van der Waals surface area contributed by atoms with Crippen LogP contribution in [0.4, 0.5) is 5.69 Å². The molecule has 0 unspecified atom stereocenters. The number of aromatic nitrogens is 4. The lowest BCUT2D eigenvalue weighted by Crippen LogP contribution is -2.17. The van der Waals surface area contributed by atoms with Gasteiger partial charge in [0.15, 0.2) is 11.5 Å². The van der Waals surface area contributed by atoms with Crippen LogP contribution in [0.2, 0.25) is 0 Å². The number of aryl methyl sites for hydroxylation is 1. The Labute approximate surface area is 133 Å². The molecule has 0 bridgehead atoms. The standard InChI is InChI=1S/C15H15N5O2S/c1-10-16-17-15-9-8-14(18-20(10)15)11-2-4-12(5-3-11)19-23(21,22)13-6-7-13/h2-5,8-9,13,19H,6-7H2,1H3. The number of hydrogen-bond donors (Lipinski definition) is 1. The lowest BCUT2D eigenvalue weighted by atomic mass is 10.1. The monoisotopic (exact) mass is 329 g/mol. The Balaban J connectivity index is 1.62. The highest BCUT2D eigenvalue weighted by Gasteiger charge is 2.35. The third kappa shape index (κ3) is 2.65. The van der Waals surface area contributed by atoms with E-state index in [1.54, 1.807) is 16.6 Å². The Kier molecular flexibility index (Phi) is 3.08. The van der Waals surface area contributed by atoms with Crippen molar-refractivity contribution in [1.82, 2.24) is 19.8 Å². The van der Waals surface area contributed by atoms with E-state index >= 15 is 0 Å². The lowest BCUT2D eigenvalue weighted by molar-refractivity contribution is 0.600. The summed E-state index contributed by atoms with van der Waals surface area (Å²) in [7, 11) is -3.23. The highest BCUT2D eigenvalue weighted by atomic mass is 32.2. The second kappa shape index (κ2) is 5.02. The predicted octanol–water partition coefficient (Wildman–Crippen LogP) is 2.00. The fraction of sp³-hybridized carbons (Fsp3) is 0.267. The SMILES string of the molecule is Cc1nnc2ccc(-c3ccc(NS(=O)(=O)C4CC4)cc3)nn12. The minimum absolute atomic E-state index is 0.233. The number of benzene rings is 1. The fourth-order valence-electron chi connectivity index (χ4n) is 2.39. The molecule has 1 N–H and O–H groups in total. The van der Waals surface area contributed by atoms with E-state index in [4.69, 9.17) is 0 Å². The molecule has 0 atom stereocenters. The van der Waals surface area contributed by atoms with Crippen molar-refractivity contribution in [2.45, 2.75) is 25.0 Å². The fourth-order valence-corrected chi connectivity index (χ4v) is 3.77. The maximum absolute atomic E-state index is 11.9. The molecule has 118 valence electrons. The van der Waals surface area contributed by atoms with Crippen LogP contribution in [-0.2, 0) is 10.0 Å². The van der Waals surface area contributed by atoms with E-state index in [-0.39, 0.29) is 5.25 Å². The van der Waals surface area contributed by atoms with Gasteiger partial charge in [-0.05, 0) is 44.0 Å². The van der Waals surface area contributed by atoms with E-state index in [1.807, 2.05) is 31.2 Å². The molecule has 0 amide bonds. The molecule has 23 heavy (non-hydrogen) atoms. The number of rotatable bonds is 4. The number of sulfonamides is 1. The largest absolute Gasteiger partial charge is 0.283 e. The van der Waals surface area contributed by atoms with Gasteiger partial charge in [-0.1, -0.05) is 12.1 Å². The van der Waals surface area contributed by atoms with Gasteiger partial charge in [-0.2, -0.15) is 9.61 Å². The summed E-state index contributed by atoms with van der Waals surface area (Å²) in [6.07, 6.45) is 1.49. The summed E-state index contributed by atoms with van der Waals surface area (Å²) in [4.78, 5) is 0. The van der Waals surface area contributed by atoms with Crippen LogP contribution in [0.1, 0.15) is 18.7 Å². The van der Waals surface area contributed by atoms with Crippen LogP contribution in [0, 0.1) is 6.92 Å². The third-order valence-corrected chi connectivity index (χ3v) is 5.69. The topological polar surface area (TPSA) is 89.2 Å². The first kappa shape index (κ1) is 14.1. The molecule has 1 saturated carbocycles. The van der Waals surface area contributed by atoms with Gasteiger partial charge in [0.25, 0.3) is 0 Å². The van der Waals surface area contributed by atoms with E-state index < -0.39 is 10.0 Å². The van der Waals surface area contributed by atoms with Crippen molar-refractivity contribution in [3.8, 4) is 11.3 Å². The Morgan fingerprint density at radius 3 is 2.52 bits per heavy atom. The van der Waals surface area contributed by atoms with Crippen LogP contribution in [0.15, 0.2) is 36.4 Å². The summed E-state index contributed by atoms with van der Waals surface area (Å²) in [5.74, 6) is 0.718. The number of nitrogens with one attached hydrogen (secondary N) is 1. The van der Waals surface area contributed by atoms with Crippen LogP contribution in [0.25, 0.3) is 16.9 Å². The first-order chi connectivity index (χ1) is 11.0. The average Bonchev–Trinajstić information content (AvgIpc) is 3.34. The molecule has 1 aliphatic rings. The summed E-state index contributed by atoms with van der Waals surface area (Å²) in [6.45, 7) is 1.84. The summed E-state index contributed by atoms with van der Waals surface area (Å²) < 4.78 is 28.2. The third-order valence-electron chi connectivity index (χ3n) is 3.82. The van der Waals surface area contributed by atoms with Crippen molar-refractivity contribution in [2.24, 2.45) is 0 Å². The van der Waals surface area contributed by atoms with Crippen molar-refractivity contribution >= 4 is 21.4 Å². The van der Waals surface area contributed by atoms with Crippen LogP contribution in [-0.4, -0.2) is 33.5 Å². The molecule has 0 radical (unpaired) electrons. The zero-order valence-corrected chi connectivity index (χ0v) is 13.3. The van der Waals surface area contributed by atoms with E-state index in [1.165, 1.54) is 0 Å². The molecule has 7 nitrogen and oxygen atoms in total.